The highest BCUT2D eigenvalue weighted by Gasteiger charge is 2.48. The Labute approximate surface area is 192 Å². The van der Waals surface area contributed by atoms with Crippen LogP contribution in [0.15, 0.2) is 0 Å². The molecule has 0 aromatic carbocycles. The molecule has 4 rings (SSSR count). The van der Waals surface area contributed by atoms with Crippen molar-refractivity contribution in [1.82, 2.24) is 4.31 Å². The summed E-state index contributed by atoms with van der Waals surface area (Å²) in [5.41, 5.74) is 0. The molecule has 0 spiro atoms. The van der Waals surface area contributed by atoms with Crippen LogP contribution in [0.5, 0.6) is 0 Å². The monoisotopic (exact) mass is 451 g/mol. The van der Waals surface area contributed by atoms with Gasteiger partial charge in [-0.25, -0.2) is 8.42 Å². The van der Waals surface area contributed by atoms with E-state index in [2.05, 4.69) is 20.8 Å². The van der Waals surface area contributed by atoms with Crippen molar-refractivity contribution in [3.63, 3.8) is 0 Å². The van der Waals surface area contributed by atoms with E-state index >= 15 is 0 Å². The maximum Gasteiger partial charge on any atom is 0.217 e. The fourth-order valence-electron chi connectivity index (χ4n) is 7.48. The van der Waals surface area contributed by atoms with Crippen LogP contribution in [0.2, 0.25) is 18.5 Å². The Morgan fingerprint density at radius 1 is 0.968 bits per heavy atom. The van der Waals surface area contributed by atoms with E-state index in [9.17, 15) is 13.5 Å². The van der Waals surface area contributed by atoms with Gasteiger partial charge < -0.3 is 5.11 Å². The lowest BCUT2D eigenvalue weighted by molar-refractivity contribution is 0.0588. The molecule has 4 nitrogen and oxygen atoms in total. The van der Waals surface area contributed by atoms with Crippen LogP contribution in [0.25, 0.3) is 0 Å². The molecule has 2 aliphatic carbocycles. The molecule has 178 valence electrons. The van der Waals surface area contributed by atoms with Crippen molar-refractivity contribution in [1.29, 1.82) is 0 Å². The molecule has 31 heavy (non-hydrogen) atoms. The molecule has 7 atom stereocenters. The number of aliphatic hydroxyl groups is 1. The van der Waals surface area contributed by atoms with Crippen molar-refractivity contribution in [2.24, 2.45) is 23.7 Å². The molecule has 1 N–H and O–H groups in total. The Kier molecular flexibility index (Phi) is 7.80. The van der Waals surface area contributed by atoms with Crippen LogP contribution in [0.1, 0.15) is 91.4 Å². The number of hydrogen-bond acceptors (Lipinski definition) is 3. The first-order valence-corrected chi connectivity index (χ1v) is 15.0. The Hall–Kier alpha value is -0.0651. The summed E-state index contributed by atoms with van der Waals surface area (Å²) in [6.07, 6.45) is 14.0. The highest BCUT2D eigenvalue weighted by molar-refractivity contribution is 7.89. The van der Waals surface area contributed by atoms with Crippen LogP contribution in [-0.2, 0) is 10.0 Å². The Balaban J connectivity index is 1.49. The molecule has 2 saturated heterocycles. The van der Waals surface area contributed by atoms with Crippen molar-refractivity contribution in [2.45, 2.75) is 127 Å². The van der Waals surface area contributed by atoms with Gasteiger partial charge in [0.2, 0.25) is 10.0 Å². The lowest BCUT2D eigenvalue weighted by Crippen LogP contribution is -2.55. The molecular weight excluding hydrogens is 405 g/mol. The molecule has 2 saturated carbocycles. The zero-order chi connectivity index (χ0) is 22.2. The predicted octanol–water partition coefficient (Wildman–Crippen LogP) is 5.45. The molecule has 0 aromatic heterocycles. The van der Waals surface area contributed by atoms with Gasteiger partial charge in [0.1, 0.15) is 6.71 Å². The van der Waals surface area contributed by atoms with Crippen molar-refractivity contribution in [3.05, 3.63) is 0 Å². The number of rotatable bonds is 7. The van der Waals surface area contributed by atoms with Gasteiger partial charge in [0.15, 0.2) is 0 Å². The summed E-state index contributed by atoms with van der Waals surface area (Å²) >= 11 is 0. The van der Waals surface area contributed by atoms with Gasteiger partial charge in [-0.2, -0.15) is 4.31 Å². The molecule has 6 heteroatoms. The topological polar surface area (TPSA) is 57.6 Å². The van der Waals surface area contributed by atoms with Crippen LogP contribution in [0.3, 0.4) is 0 Å². The molecule has 7 unspecified atom stereocenters. The zero-order valence-corrected chi connectivity index (χ0v) is 21.0. The third-order valence-electron chi connectivity index (χ3n) is 9.75. The van der Waals surface area contributed by atoms with Gasteiger partial charge in [0, 0.05) is 12.6 Å². The van der Waals surface area contributed by atoms with E-state index in [4.69, 9.17) is 0 Å². The highest BCUT2D eigenvalue weighted by atomic mass is 32.2. The predicted molar refractivity (Wildman–Crippen MR) is 130 cm³/mol. The van der Waals surface area contributed by atoms with Gasteiger partial charge >= 0.3 is 0 Å². The second kappa shape index (κ2) is 10.1. The average molecular weight is 452 g/mol. The van der Waals surface area contributed by atoms with E-state index in [0.717, 1.165) is 45.4 Å². The first-order valence-electron chi connectivity index (χ1n) is 13.5. The Morgan fingerprint density at radius 2 is 1.68 bits per heavy atom. The fraction of sp³-hybridized carbons (Fsp3) is 1.00. The molecule has 2 heterocycles. The second-order valence-corrected chi connectivity index (χ2v) is 14.0. The van der Waals surface area contributed by atoms with E-state index in [0.29, 0.717) is 24.1 Å². The van der Waals surface area contributed by atoms with Crippen LogP contribution in [-0.4, -0.2) is 48.5 Å². The second-order valence-electron chi connectivity index (χ2n) is 11.9. The lowest BCUT2D eigenvalue weighted by Gasteiger charge is -2.47. The Bertz CT molecular complexity index is 693. The van der Waals surface area contributed by atoms with Gasteiger partial charge in [-0.1, -0.05) is 58.5 Å². The van der Waals surface area contributed by atoms with Gasteiger partial charge in [-0.05, 0) is 75.0 Å². The molecular formula is C25H46BNO3S. The first-order chi connectivity index (χ1) is 14.8. The van der Waals surface area contributed by atoms with Crippen LogP contribution in [0, 0.1) is 23.7 Å². The lowest BCUT2D eigenvalue weighted by atomic mass is 9.29. The zero-order valence-electron chi connectivity index (χ0n) is 20.2. The summed E-state index contributed by atoms with van der Waals surface area (Å²) in [5, 5.41) is 10.8. The molecule has 4 aliphatic rings. The molecule has 4 fully saturated rings. The molecule has 0 amide bonds. The van der Waals surface area contributed by atoms with Crippen LogP contribution in [0.4, 0.5) is 0 Å². The molecule has 0 aromatic rings. The third kappa shape index (κ3) is 5.06. The number of aliphatic hydroxyl groups excluding tert-OH is 1. The summed E-state index contributed by atoms with van der Waals surface area (Å²) < 4.78 is 30.2. The van der Waals surface area contributed by atoms with E-state index in [1.54, 1.807) is 0 Å². The van der Waals surface area contributed by atoms with E-state index in [-0.39, 0.29) is 29.2 Å². The summed E-state index contributed by atoms with van der Waals surface area (Å²) in [6.45, 7) is 8.18. The number of fused-ring (bicyclic) bond motifs is 1. The molecule has 2 aliphatic heterocycles. The molecule has 0 radical (unpaired) electrons. The van der Waals surface area contributed by atoms with E-state index in [1.165, 1.54) is 44.7 Å². The highest BCUT2D eigenvalue weighted by Crippen LogP contribution is 2.45. The number of nitrogens with zero attached hydrogens (tertiary/aromatic N) is 1. The fourth-order valence-corrected chi connectivity index (χ4v) is 10.3. The molecule has 0 bridgehead atoms. The van der Waals surface area contributed by atoms with Gasteiger partial charge in [-0.15, -0.1) is 0 Å². The standard InChI is InChI=1S/C25H46BNO3S/c1-18(2)22-12-11-21(24(28)16-19(3)26-13-7-14-26)17-25(22)31(29,30)27-15-6-9-20-8-4-5-10-23(20)27/h18-25,28H,4-17H2,1-3H3. The SMILES string of the molecule is CC(CC(O)C1CCC(C(C)C)C(S(=O)(=O)N2CCCC3CCCCC32)C1)B1CCC1. The van der Waals surface area contributed by atoms with Gasteiger partial charge in [0.05, 0.1) is 11.4 Å². The number of sulfonamides is 1. The normalized spacial score (nSPS) is 37.2. The first kappa shape index (κ1) is 24.1. The van der Waals surface area contributed by atoms with E-state index < -0.39 is 10.0 Å². The minimum absolute atomic E-state index is 0.143. The average Bonchev–Trinajstić information content (AvgIpc) is 2.71. The van der Waals surface area contributed by atoms with Crippen molar-refractivity contribution >= 4 is 16.7 Å². The number of hydrogen-bond donors (Lipinski definition) is 1. The van der Waals surface area contributed by atoms with Crippen molar-refractivity contribution in [2.75, 3.05) is 6.54 Å². The summed E-state index contributed by atoms with van der Waals surface area (Å²) in [4.78, 5) is 0. The van der Waals surface area contributed by atoms with Crippen LogP contribution < -0.4 is 0 Å². The smallest absolute Gasteiger partial charge is 0.217 e. The maximum absolute atomic E-state index is 14.1. The number of piperidine rings is 1. The van der Waals surface area contributed by atoms with Crippen molar-refractivity contribution < 1.29 is 13.5 Å². The van der Waals surface area contributed by atoms with Crippen molar-refractivity contribution in [3.8, 4) is 0 Å². The largest absolute Gasteiger partial charge is 0.393 e. The van der Waals surface area contributed by atoms with Crippen LogP contribution >= 0.6 is 0 Å². The maximum atomic E-state index is 14.1. The van der Waals surface area contributed by atoms with Gasteiger partial charge in [0.25, 0.3) is 0 Å². The summed E-state index contributed by atoms with van der Waals surface area (Å²) in [5.74, 6) is 1.87. The minimum atomic E-state index is -3.33. The third-order valence-corrected chi connectivity index (χ3v) is 12.2. The van der Waals surface area contributed by atoms with E-state index in [1.807, 2.05) is 4.31 Å². The Morgan fingerprint density at radius 3 is 2.35 bits per heavy atom. The minimum Gasteiger partial charge on any atom is -0.393 e. The summed E-state index contributed by atoms with van der Waals surface area (Å²) in [6, 6.07) is 0.240. The summed E-state index contributed by atoms with van der Waals surface area (Å²) in [7, 11) is -3.33. The van der Waals surface area contributed by atoms with Gasteiger partial charge in [-0.3, -0.25) is 0 Å². The quantitative estimate of drug-likeness (QED) is 0.524.